The number of carbonyl (C=O) groups excluding carboxylic acids is 2. The summed E-state index contributed by atoms with van der Waals surface area (Å²) in [7, 11) is -4.01. The Morgan fingerprint density at radius 2 is 0.786 bits per heavy atom. The first-order valence-electron chi connectivity index (χ1n) is 21.3. The number of hydrogen-bond donors (Lipinski definition) is 0. The summed E-state index contributed by atoms with van der Waals surface area (Å²) in [6.45, 7) is 3.20. The van der Waals surface area contributed by atoms with Gasteiger partial charge in [-0.1, -0.05) is 100 Å². The molecule has 0 amide bonds. The molecule has 0 saturated heterocycles. The number of ether oxygens (including phenoxy) is 4. The third-order valence-corrected chi connectivity index (χ3v) is 22.6. The van der Waals surface area contributed by atoms with Crippen LogP contribution >= 0.6 is 37.5 Å². The summed E-state index contributed by atoms with van der Waals surface area (Å²) in [5.41, 5.74) is 0.599. The second-order valence-corrected chi connectivity index (χ2v) is 24.2. The smallest absolute Gasteiger partial charge is 0.346 e. The molecular formula is C44H62Cl2O8P2. The van der Waals surface area contributed by atoms with E-state index in [4.69, 9.17) is 42.1 Å². The Hall–Kier alpha value is -1.98. The van der Waals surface area contributed by atoms with Crippen molar-refractivity contribution in [2.45, 2.75) is 177 Å². The first-order valence-corrected chi connectivity index (χ1v) is 25.8. The lowest BCUT2D eigenvalue weighted by molar-refractivity contribution is -0.148. The van der Waals surface area contributed by atoms with Crippen LogP contribution in [0.15, 0.2) is 24.3 Å². The van der Waals surface area contributed by atoms with Gasteiger partial charge in [-0.3, -0.25) is 0 Å². The highest BCUT2D eigenvalue weighted by Gasteiger charge is 2.49. The normalized spacial score (nSPS) is 20.9. The van der Waals surface area contributed by atoms with Crippen LogP contribution in [0.1, 0.15) is 142 Å². The molecule has 0 radical (unpaired) electrons. The van der Waals surface area contributed by atoms with Crippen molar-refractivity contribution in [2.75, 3.05) is 14.2 Å². The first kappa shape index (κ1) is 43.6. The summed E-state index contributed by atoms with van der Waals surface area (Å²) in [4.78, 5) is 26.2. The molecule has 8 nitrogen and oxygen atoms in total. The molecule has 0 bridgehead atoms. The van der Waals surface area contributed by atoms with E-state index < -0.39 is 38.4 Å². The second kappa shape index (κ2) is 19.4. The van der Waals surface area contributed by atoms with Crippen molar-refractivity contribution in [3.05, 3.63) is 34.3 Å². The lowest BCUT2D eigenvalue weighted by Gasteiger charge is -2.41. The Morgan fingerprint density at radius 3 is 1.04 bits per heavy atom. The lowest BCUT2D eigenvalue weighted by Crippen LogP contribution is -2.34. The Labute approximate surface area is 344 Å². The van der Waals surface area contributed by atoms with Gasteiger partial charge in [0.1, 0.15) is 25.8 Å². The topological polar surface area (TPSA) is 105 Å². The monoisotopic (exact) mass is 850 g/mol. The standard InChI is InChI=1S/C44H62Cl2O8P2/c1-29(43(47)51-3)53-41-35(45)25-27-37(55(49,31-17-9-5-10-18-31)32-19-11-6-12-20-32)39(41)40-38(28-26-36(46)42(40)54-30(2)44(48)52-4)56(50,33-21-13-7-14-22-33)34-23-15-8-16-24-34/h25-34H,5-24H2,1-4H3/t29-,30?/m0/s1. The van der Waals surface area contributed by atoms with Gasteiger partial charge in [-0.05, 0) is 89.5 Å². The fraction of sp³-hybridized carbons (Fsp3) is 0.682. The van der Waals surface area contributed by atoms with E-state index in [1.54, 1.807) is 26.0 Å². The number of esters is 2. The van der Waals surface area contributed by atoms with Crippen LogP contribution in [0.5, 0.6) is 11.5 Å². The van der Waals surface area contributed by atoms with Crippen LogP contribution in [-0.4, -0.2) is 61.0 Å². The molecule has 0 aromatic heterocycles. The first-order chi connectivity index (χ1) is 27.0. The molecule has 0 aliphatic heterocycles. The van der Waals surface area contributed by atoms with Gasteiger partial charge in [-0.15, -0.1) is 0 Å². The van der Waals surface area contributed by atoms with Crippen molar-refractivity contribution >= 4 is 60.0 Å². The predicted octanol–water partition coefficient (Wildman–Crippen LogP) is 11.8. The predicted molar refractivity (Wildman–Crippen MR) is 228 cm³/mol. The van der Waals surface area contributed by atoms with Crippen LogP contribution in [0, 0.1) is 0 Å². The van der Waals surface area contributed by atoms with E-state index in [-0.39, 0.29) is 44.2 Å². The molecule has 2 aromatic carbocycles. The third-order valence-electron chi connectivity index (χ3n) is 13.3. The summed E-state index contributed by atoms with van der Waals surface area (Å²) in [5.74, 6) is -0.881. The summed E-state index contributed by atoms with van der Waals surface area (Å²) in [6.07, 6.45) is 17.0. The van der Waals surface area contributed by atoms with E-state index >= 15 is 9.13 Å². The zero-order valence-electron chi connectivity index (χ0n) is 33.8. The van der Waals surface area contributed by atoms with Gasteiger partial charge < -0.3 is 28.1 Å². The Bertz CT molecular complexity index is 1620. The van der Waals surface area contributed by atoms with Gasteiger partial charge in [0.15, 0.2) is 12.2 Å². The van der Waals surface area contributed by atoms with Crippen molar-refractivity contribution < 1.29 is 37.7 Å². The Morgan fingerprint density at radius 1 is 0.518 bits per heavy atom. The highest BCUT2D eigenvalue weighted by Crippen LogP contribution is 2.67. The zero-order valence-corrected chi connectivity index (χ0v) is 37.1. The van der Waals surface area contributed by atoms with Gasteiger partial charge in [0.05, 0.1) is 24.3 Å². The molecule has 12 heteroatoms. The van der Waals surface area contributed by atoms with Gasteiger partial charge in [-0.2, -0.15) is 0 Å². The van der Waals surface area contributed by atoms with Crippen molar-refractivity contribution in [2.24, 2.45) is 0 Å². The van der Waals surface area contributed by atoms with Crippen LogP contribution < -0.4 is 20.1 Å². The average molecular weight is 852 g/mol. The molecule has 4 saturated carbocycles. The average Bonchev–Trinajstić information content (AvgIpc) is 3.25. The molecule has 4 aliphatic rings. The maximum atomic E-state index is 16.8. The van der Waals surface area contributed by atoms with Crippen molar-refractivity contribution in [1.29, 1.82) is 0 Å². The number of rotatable bonds is 13. The van der Waals surface area contributed by atoms with E-state index in [1.807, 2.05) is 12.1 Å². The maximum absolute atomic E-state index is 16.8. The molecule has 1 unspecified atom stereocenters. The summed E-state index contributed by atoms with van der Waals surface area (Å²) >= 11 is 14.4. The number of carbonyl (C=O) groups is 2. The van der Waals surface area contributed by atoms with Gasteiger partial charge in [0.2, 0.25) is 0 Å². The minimum atomic E-state index is -3.31. The molecule has 310 valence electrons. The van der Waals surface area contributed by atoms with E-state index in [0.717, 1.165) is 128 Å². The number of halogens is 2. The van der Waals surface area contributed by atoms with Crippen molar-refractivity contribution in [1.82, 2.24) is 0 Å². The van der Waals surface area contributed by atoms with Crippen LogP contribution in [0.3, 0.4) is 0 Å². The molecule has 6 rings (SSSR count). The largest absolute Gasteiger partial charge is 0.477 e. The van der Waals surface area contributed by atoms with Crippen LogP contribution in [0.4, 0.5) is 0 Å². The minimum absolute atomic E-state index is 0.0605. The second-order valence-electron chi connectivity index (χ2n) is 16.7. The van der Waals surface area contributed by atoms with Crippen molar-refractivity contribution in [3.8, 4) is 22.6 Å². The molecule has 56 heavy (non-hydrogen) atoms. The van der Waals surface area contributed by atoms with Gasteiger partial charge in [0, 0.05) is 44.4 Å². The minimum Gasteiger partial charge on any atom is -0.477 e. The van der Waals surface area contributed by atoms with Crippen molar-refractivity contribution in [3.63, 3.8) is 0 Å². The zero-order chi connectivity index (χ0) is 40.0. The van der Waals surface area contributed by atoms with E-state index in [0.29, 0.717) is 21.7 Å². The third kappa shape index (κ3) is 8.80. The molecule has 0 heterocycles. The van der Waals surface area contributed by atoms with E-state index in [9.17, 15) is 9.59 Å². The summed E-state index contributed by atoms with van der Waals surface area (Å²) in [5, 5.41) is 1.65. The highest BCUT2D eigenvalue weighted by atomic mass is 35.5. The van der Waals surface area contributed by atoms with Crippen LogP contribution in [0.25, 0.3) is 11.1 Å². The van der Waals surface area contributed by atoms with E-state index in [1.165, 1.54) is 14.2 Å². The number of hydrogen-bond acceptors (Lipinski definition) is 8. The van der Waals surface area contributed by atoms with Crippen LogP contribution in [-0.2, 0) is 28.2 Å². The highest BCUT2D eigenvalue weighted by molar-refractivity contribution is 7.74. The SMILES string of the molecule is COC(=O)C(C)Oc1c(Cl)ccc(P(=O)(C2CCCCC2)C2CCCCC2)c1-c1c(P(=O)(C2CCCCC2)C2CCCCC2)ccc(Cl)c1O[C@@H](C)C(=O)OC. The lowest BCUT2D eigenvalue weighted by atomic mass is 9.99. The fourth-order valence-corrected chi connectivity index (χ4v) is 19.9. The van der Waals surface area contributed by atoms with Gasteiger partial charge in [0.25, 0.3) is 0 Å². The summed E-state index contributed by atoms with van der Waals surface area (Å²) in [6, 6.07) is 7.28. The molecule has 2 aromatic rings. The van der Waals surface area contributed by atoms with Gasteiger partial charge in [-0.25, -0.2) is 9.59 Å². The fourth-order valence-electron chi connectivity index (χ4n) is 10.4. The van der Waals surface area contributed by atoms with E-state index in [2.05, 4.69) is 0 Å². The van der Waals surface area contributed by atoms with Gasteiger partial charge >= 0.3 is 11.9 Å². The van der Waals surface area contributed by atoms with Crippen LogP contribution in [0.2, 0.25) is 10.0 Å². The molecule has 2 atom stereocenters. The molecule has 0 N–H and O–H groups in total. The Balaban J connectivity index is 1.76. The number of methoxy groups -OCH3 is 2. The number of benzene rings is 2. The maximum Gasteiger partial charge on any atom is 0.346 e. The Kier molecular flexibility index (Phi) is 15.1. The molecular weight excluding hydrogens is 789 g/mol. The summed E-state index contributed by atoms with van der Waals surface area (Å²) < 4.78 is 57.1. The molecule has 0 spiro atoms. The molecule has 4 fully saturated rings. The molecule has 4 aliphatic carbocycles. The quantitative estimate of drug-likeness (QED) is 0.145.